The maximum atomic E-state index is 14.5. The van der Waals surface area contributed by atoms with Gasteiger partial charge in [-0.2, -0.15) is 0 Å². The average Bonchev–Trinajstić information content (AvgIpc) is 2.83. The minimum Gasteiger partial charge on any atom is -0.453 e. The molecule has 1 aromatic heterocycles. The Morgan fingerprint density at radius 3 is 2.88 bits per heavy atom. The Hall–Kier alpha value is -3.94. The fourth-order valence-corrected chi connectivity index (χ4v) is 3.68. The zero-order valence-electron chi connectivity index (χ0n) is 18.3. The summed E-state index contributed by atoms with van der Waals surface area (Å²) < 4.78 is 20.1. The van der Waals surface area contributed by atoms with E-state index in [1.165, 1.54) is 12.3 Å². The second kappa shape index (κ2) is 10.6. The molecule has 8 heteroatoms. The highest BCUT2D eigenvalue weighted by molar-refractivity contribution is 5.94. The van der Waals surface area contributed by atoms with E-state index in [2.05, 4.69) is 25.9 Å². The van der Waals surface area contributed by atoms with Gasteiger partial charge in [0.1, 0.15) is 5.75 Å². The first-order valence-corrected chi connectivity index (χ1v) is 10.9. The van der Waals surface area contributed by atoms with Crippen molar-refractivity contribution in [3.63, 3.8) is 0 Å². The van der Waals surface area contributed by atoms with E-state index >= 15 is 0 Å². The van der Waals surface area contributed by atoms with Gasteiger partial charge in [0.2, 0.25) is 5.91 Å². The highest BCUT2D eigenvalue weighted by atomic mass is 19.1. The molecule has 170 valence electrons. The number of halogens is 1. The van der Waals surface area contributed by atoms with Crippen molar-refractivity contribution >= 4 is 17.6 Å². The number of hydrogen-bond donors (Lipinski definition) is 3. The van der Waals surface area contributed by atoms with Gasteiger partial charge in [-0.05, 0) is 48.4 Å². The van der Waals surface area contributed by atoms with Crippen LogP contribution in [0.1, 0.15) is 30.4 Å². The summed E-state index contributed by atoms with van der Waals surface area (Å²) in [4.78, 5) is 20.6. The van der Waals surface area contributed by atoms with Crippen molar-refractivity contribution in [3.05, 3.63) is 83.9 Å². The summed E-state index contributed by atoms with van der Waals surface area (Å²) >= 11 is 0. The van der Waals surface area contributed by atoms with Crippen LogP contribution in [0.15, 0.2) is 72.0 Å². The van der Waals surface area contributed by atoms with E-state index in [4.69, 9.17) is 4.74 Å². The predicted octanol–water partition coefficient (Wildman–Crippen LogP) is 4.19. The molecule has 33 heavy (non-hydrogen) atoms. The Labute approximate surface area is 192 Å². The van der Waals surface area contributed by atoms with Crippen molar-refractivity contribution < 1.29 is 13.9 Å². The minimum absolute atomic E-state index is 0.00603. The third-order valence-corrected chi connectivity index (χ3v) is 5.24. The first kappa shape index (κ1) is 22.3. The fourth-order valence-electron chi connectivity index (χ4n) is 3.68. The van der Waals surface area contributed by atoms with E-state index in [0.29, 0.717) is 43.3 Å². The number of benzene rings is 2. The average molecular weight is 448 g/mol. The normalized spacial score (nSPS) is 15.4. The molecule has 0 bridgehead atoms. The number of pyridine rings is 1. The summed E-state index contributed by atoms with van der Waals surface area (Å²) in [5.41, 5.74) is 2.67. The molecule has 0 saturated carbocycles. The number of aliphatic imine (C=N–C) groups is 1. The van der Waals surface area contributed by atoms with Crippen molar-refractivity contribution in [1.82, 2.24) is 15.6 Å². The number of ether oxygens (including phenoxy) is 1. The summed E-state index contributed by atoms with van der Waals surface area (Å²) in [6.07, 6.45) is 3.56. The number of para-hydroxylation sites is 1. The van der Waals surface area contributed by atoms with Crippen LogP contribution in [0.4, 0.5) is 10.1 Å². The first-order valence-electron chi connectivity index (χ1n) is 10.9. The zero-order valence-corrected chi connectivity index (χ0v) is 18.3. The van der Waals surface area contributed by atoms with Gasteiger partial charge < -0.3 is 20.7 Å². The van der Waals surface area contributed by atoms with Gasteiger partial charge in [-0.25, -0.2) is 9.38 Å². The summed E-state index contributed by atoms with van der Waals surface area (Å²) in [5, 5.41) is 9.43. The number of anilines is 1. The molecule has 7 nitrogen and oxygen atoms in total. The Balaban J connectivity index is 1.40. The van der Waals surface area contributed by atoms with E-state index in [-0.39, 0.29) is 17.6 Å². The highest BCUT2D eigenvalue weighted by Gasteiger charge is 2.24. The Morgan fingerprint density at radius 2 is 2.09 bits per heavy atom. The maximum Gasteiger partial charge on any atom is 0.225 e. The number of carbonyl (C=O) groups excluding carboxylic acids is 1. The van der Waals surface area contributed by atoms with Crippen molar-refractivity contribution in [1.29, 1.82) is 0 Å². The lowest BCUT2D eigenvalue weighted by molar-refractivity contribution is -0.116. The van der Waals surface area contributed by atoms with Crippen molar-refractivity contribution in [3.8, 4) is 11.5 Å². The topological polar surface area (TPSA) is 87.6 Å². The number of nitrogens with zero attached hydrogens (tertiary/aromatic N) is 2. The van der Waals surface area contributed by atoms with E-state index in [0.717, 1.165) is 11.3 Å². The van der Waals surface area contributed by atoms with Gasteiger partial charge in [0, 0.05) is 37.3 Å². The molecule has 1 atom stereocenters. The van der Waals surface area contributed by atoms with E-state index in [9.17, 15) is 9.18 Å². The highest BCUT2D eigenvalue weighted by Crippen LogP contribution is 2.31. The van der Waals surface area contributed by atoms with Gasteiger partial charge in [0.15, 0.2) is 17.5 Å². The predicted molar refractivity (Wildman–Crippen MR) is 126 cm³/mol. The van der Waals surface area contributed by atoms with Gasteiger partial charge in [0.25, 0.3) is 0 Å². The van der Waals surface area contributed by atoms with Gasteiger partial charge in [-0.3, -0.25) is 9.78 Å². The molecule has 0 saturated heterocycles. The molecule has 2 aromatic carbocycles. The Morgan fingerprint density at radius 1 is 1.21 bits per heavy atom. The van der Waals surface area contributed by atoms with Crippen LogP contribution in [0.25, 0.3) is 0 Å². The fraction of sp³-hybridized carbons (Fsp3) is 0.240. The largest absolute Gasteiger partial charge is 0.453 e. The summed E-state index contributed by atoms with van der Waals surface area (Å²) in [6, 6.07) is 16.1. The van der Waals surface area contributed by atoms with Gasteiger partial charge in [-0.15, -0.1) is 0 Å². The number of nitrogens with one attached hydrogen (secondary N) is 3. The monoisotopic (exact) mass is 447 g/mol. The molecule has 3 aromatic rings. The SMILES string of the molecule is CCNC(=NCc1ccc(Oc2cccnc2)c(F)c1)NCC1CC(=O)Nc2ccccc21. The van der Waals surface area contributed by atoms with Crippen LogP contribution in [0.2, 0.25) is 0 Å². The van der Waals surface area contributed by atoms with E-state index in [1.54, 1.807) is 30.5 Å². The van der Waals surface area contributed by atoms with Crippen molar-refractivity contribution in [2.45, 2.75) is 25.8 Å². The third-order valence-electron chi connectivity index (χ3n) is 5.24. The standard InChI is InChI=1S/C25H26FN5O2/c1-2-28-25(30-15-18-13-24(32)31-22-8-4-3-7-20(18)22)29-14-17-9-10-23(21(26)12-17)33-19-6-5-11-27-16-19/h3-12,16,18H,2,13-15H2,1H3,(H,31,32)(H2,28,29,30). The quantitative estimate of drug-likeness (QED) is 0.373. The molecule has 1 unspecified atom stereocenters. The zero-order chi connectivity index (χ0) is 23.0. The van der Waals surface area contributed by atoms with E-state index in [1.807, 2.05) is 31.2 Å². The smallest absolute Gasteiger partial charge is 0.225 e. The molecule has 0 aliphatic carbocycles. The molecular weight excluding hydrogens is 421 g/mol. The van der Waals surface area contributed by atoms with Crippen LogP contribution in [-0.2, 0) is 11.3 Å². The molecule has 4 rings (SSSR count). The van der Waals surface area contributed by atoms with E-state index < -0.39 is 5.82 Å². The van der Waals surface area contributed by atoms with Crippen LogP contribution in [0.5, 0.6) is 11.5 Å². The number of fused-ring (bicyclic) bond motifs is 1. The number of aromatic nitrogens is 1. The molecular formula is C25H26FN5O2. The number of guanidine groups is 1. The van der Waals surface area contributed by atoms with Crippen LogP contribution in [0.3, 0.4) is 0 Å². The van der Waals surface area contributed by atoms with Gasteiger partial charge in [0.05, 0.1) is 12.7 Å². The number of rotatable bonds is 7. The molecule has 0 spiro atoms. The molecule has 3 N–H and O–H groups in total. The molecule has 1 aliphatic heterocycles. The lowest BCUT2D eigenvalue weighted by Gasteiger charge is -2.26. The number of carbonyl (C=O) groups is 1. The van der Waals surface area contributed by atoms with Crippen molar-refractivity contribution in [2.24, 2.45) is 4.99 Å². The van der Waals surface area contributed by atoms with Crippen LogP contribution in [0, 0.1) is 5.82 Å². The second-order valence-electron chi connectivity index (χ2n) is 7.67. The minimum atomic E-state index is -0.464. The molecule has 0 radical (unpaired) electrons. The maximum absolute atomic E-state index is 14.5. The number of amides is 1. The molecule has 0 fully saturated rings. The molecule has 2 heterocycles. The second-order valence-corrected chi connectivity index (χ2v) is 7.67. The lowest BCUT2D eigenvalue weighted by Crippen LogP contribution is -2.40. The van der Waals surface area contributed by atoms with Gasteiger partial charge in [-0.1, -0.05) is 24.3 Å². The Kier molecular flexibility index (Phi) is 7.14. The number of hydrogen-bond acceptors (Lipinski definition) is 4. The van der Waals surface area contributed by atoms with Crippen LogP contribution >= 0.6 is 0 Å². The Bertz CT molecular complexity index is 1140. The van der Waals surface area contributed by atoms with Crippen molar-refractivity contribution in [2.75, 3.05) is 18.4 Å². The molecule has 1 aliphatic rings. The van der Waals surface area contributed by atoms with Crippen LogP contribution < -0.4 is 20.7 Å². The molecule has 1 amide bonds. The lowest BCUT2D eigenvalue weighted by atomic mass is 9.90. The van der Waals surface area contributed by atoms with Gasteiger partial charge >= 0.3 is 0 Å². The summed E-state index contributed by atoms with van der Waals surface area (Å²) in [6.45, 7) is 3.51. The third kappa shape index (κ3) is 5.85. The summed E-state index contributed by atoms with van der Waals surface area (Å²) in [7, 11) is 0. The summed E-state index contributed by atoms with van der Waals surface area (Å²) in [5.74, 6) is 0.798. The van der Waals surface area contributed by atoms with Crippen LogP contribution in [-0.4, -0.2) is 29.9 Å². The first-order chi connectivity index (χ1) is 16.1.